The van der Waals surface area contributed by atoms with Gasteiger partial charge in [0.15, 0.2) is 11.5 Å². The second-order valence-corrected chi connectivity index (χ2v) is 12.4. The molecule has 11 heteroatoms. The van der Waals surface area contributed by atoms with Gasteiger partial charge in [-0.15, -0.1) is 0 Å². The third-order valence-electron chi connectivity index (χ3n) is 6.73. The summed E-state index contributed by atoms with van der Waals surface area (Å²) < 4.78 is 34.3. The number of rotatable bonds is 8. The van der Waals surface area contributed by atoms with Gasteiger partial charge in [0, 0.05) is 16.0 Å². The summed E-state index contributed by atoms with van der Waals surface area (Å²) in [6.45, 7) is 5.91. The molecule has 208 valence electrons. The summed E-state index contributed by atoms with van der Waals surface area (Å²) in [4.78, 5) is 40.4. The highest BCUT2D eigenvalue weighted by molar-refractivity contribution is 7.89. The van der Waals surface area contributed by atoms with Gasteiger partial charge in [0.25, 0.3) is 21.8 Å². The number of ketones is 1. The van der Waals surface area contributed by atoms with Crippen LogP contribution in [0, 0.1) is 12.8 Å². The van der Waals surface area contributed by atoms with Gasteiger partial charge in [-0.1, -0.05) is 43.6 Å². The van der Waals surface area contributed by atoms with E-state index in [1.54, 1.807) is 19.1 Å². The van der Waals surface area contributed by atoms with Crippen LogP contribution in [0.3, 0.4) is 0 Å². The maximum Gasteiger partial charge on any atom is 0.287 e. The first kappa shape index (κ1) is 28.8. The number of nitrogens with one attached hydrogen (secondary N) is 2. The first-order valence-corrected chi connectivity index (χ1v) is 14.7. The van der Waals surface area contributed by atoms with Crippen LogP contribution in [0.4, 0.5) is 0 Å². The Morgan fingerprint density at radius 1 is 1.15 bits per heavy atom. The molecule has 2 amide bonds. The first-order valence-electron chi connectivity index (χ1n) is 12.9. The highest BCUT2D eigenvalue weighted by Crippen LogP contribution is 2.27. The lowest BCUT2D eigenvalue weighted by molar-refractivity contribution is -0.135. The number of para-hydroxylation sites is 1. The molecule has 1 unspecified atom stereocenters. The van der Waals surface area contributed by atoms with Gasteiger partial charge >= 0.3 is 0 Å². The van der Waals surface area contributed by atoms with Crippen LogP contribution in [0.15, 0.2) is 57.8 Å². The number of sulfonamides is 1. The highest BCUT2D eigenvalue weighted by atomic mass is 35.5. The SMILES string of the molecule is Cc1c(C(=O)N[C@@H](CC(C)C)C(=O)N(C2CCCNCC2=O)S(=O)(=O)c2ccc(Cl)cc2)oc2ccccc12. The van der Waals surface area contributed by atoms with Crippen LogP contribution in [-0.2, 0) is 19.6 Å². The Balaban J connectivity index is 1.75. The Morgan fingerprint density at radius 3 is 2.51 bits per heavy atom. The predicted molar refractivity (Wildman–Crippen MR) is 148 cm³/mol. The summed E-state index contributed by atoms with van der Waals surface area (Å²) in [6.07, 6.45) is 0.806. The first-order chi connectivity index (χ1) is 18.5. The number of hydrogen-bond acceptors (Lipinski definition) is 7. The van der Waals surface area contributed by atoms with E-state index < -0.39 is 39.7 Å². The molecule has 1 fully saturated rings. The van der Waals surface area contributed by atoms with Crippen molar-refractivity contribution in [1.29, 1.82) is 0 Å². The molecule has 0 bridgehead atoms. The number of benzene rings is 2. The van der Waals surface area contributed by atoms with Crippen molar-refractivity contribution in [1.82, 2.24) is 14.9 Å². The molecule has 0 aliphatic carbocycles. The van der Waals surface area contributed by atoms with E-state index in [1.807, 2.05) is 26.0 Å². The molecule has 1 aliphatic rings. The molecule has 0 saturated carbocycles. The summed E-state index contributed by atoms with van der Waals surface area (Å²) >= 11 is 5.97. The van der Waals surface area contributed by atoms with Crippen molar-refractivity contribution in [2.75, 3.05) is 13.1 Å². The van der Waals surface area contributed by atoms with Gasteiger partial charge in [-0.3, -0.25) is 14.4 Å². The van der Waals surface area contributed by atoms with Crippen LogP contribution in [0.25, 0.3) is 11.0 Å². The number of Topliss-reactive ketones (excluding diaryl/α,β-unsaturated/α-hetero) is 1. The smallest absolute Gasteiger partial charge is 0.287 e. The maximum atomic E-state index is 14.1. The molecule has 2 heterocycles. The van der Waals surface area contributed by atoms with E-state index in [0.29, 0.717) is 33.4 Å². The second-order valence-electron chi connectivity index (χ2n) is 10.1. The van der Waals surface area contributed by atoms with Gasteiger partial charge < -0.3 is 15.1 Å². The average molecular weight is 574 g/mol. The van der Waals surface area contributed by atoms with Crippen LogP contribution in [-0.4, -0.2) is 55.5 Å². The zero-order chi connectivity index (χ0) is 28.3. The molecule has 2 aromatic carbocycles. The quantitative estimate of drug-likeness (QED) is 0.416. The van der Waals surface area contributed by atoms with Crippen LogP contribution in [0.2, 0.25) is 5.02 Å². The number of fused-ring (bicyclic) bond motifs is 1. The van der Waals surface area contributed by atoms with Crippen molar-refractivity contribution in [3.63, 3.8) is 0 Å². The number of halogens is 1. The van der Waals surface area contributed by atoms with Crippen molar-refractivity contribution in [3.8, 4) is 0 Å². The normalized spacial score (nSPS) is 17.2. The summed E-state index contributed by atoms with van der Waals surface area (Å²) in [7, 11) is -4.47. The van der Waals surface area contributed by atoms with Gasteiger partial charge in [0.05, 0.1) is 11.4 Å². The van der Waals surface area contributed by atoms with Crippen LogP contribution in [0.5, 0.6) is 0 Å². The maximum absolute atomic E-state index is 14.1. The fraction of sp³-hybridized carbons (Fsp3) is 0.393. The minimum absolute atomic E-state index is 0.0413. The molecule has 0 spiro atoms. The van der Waals surface area contributed by atoms with Crippen molar-refractivity contribution in [2.24, 2.45) is 5.92 Å². The van der Waals surface area contributed by atoms with E-state index in [1.165, 1.54) is 24.3 Å². The van der Waals surface area contributed by atoms with E-state index in [9.17, 15) is 22.8 Å². The monoisotopic (exact) mass is 573 g/mol. The zero-order valence-electron chi connectivity index (χ0n) is 22.1. The van der Waals surface area contributed by atoms with E-state index in [-0.39, 0.29) is 36.0 Å². The van der Waals surface area contributed by atoms with Gasteiger partial charge in [0.2, 0.25) is 0 Å². The minimum Gasteiger partial charge on any atom is -0.451 e. The summed E-state index contributed by atoms with van der Waals surface area (Å²) in [5.74, 6) is -1.97. The predicted octanol–water partition coefficient (Wildman–Crippen LogP) is 4.08. The van der Waals surface area contributed by atoms with E-state index in [4.69, 9.17) is 16.0 Å². The number of carbonyl (C=O) groups is 3. The minimum atomic E-state index is -4.47. The molecule has 2 atom stereocenters. The largest absolute Gasteiger partial charge is 0.451 e. The highest BCUT2D eigenvalue weighted by Gasteiger charge is 2.43. The molecule has 3 aromatic rings. The third kappa shape index (κ3) is 6.18. The number of aryl methyl sites for hydroxylation is 1. The van der Waals surface area contributed by atoms with E-state index >= 15 is 0 Å². The standard InChI is InChI=1S/C28H32ClN3O6S/c1-17(2)15-22(31-27(34)26-18(3)21-7-4-5-9-25(21)38-26)28(35)32(23-8-6-14-30-16-24(23)33)39(36,37)20-12-10-19(29)11-13-20/h4-5,7,9-13,17,22-23,30H,6,8,14-16H2,1-3H3,(H,31,34)/t22-,23?/m0/s1. The Bertz CT molecular complexity index is 1480. The Hall–Kier alpha value is -3.21. The van der Waals surface area contributed by atoms with Crippen molar-refractivity contribution >= 4 is 50.2 Å². The molecule has 9 nitrogen and oxygen atoms in total. The zero-order valence-corrected chi connectivity index (χ0v) is 23.6. The van der Waals surface area contributed by atoms with E-state index in [2.05, 4.69) is 10.6 Å². The lowest BCUT2D eigenvalue weighted by Gasteiger charge is -2.33. The fourth-order valence-electron chi connectivity index (χ4n) is 4.78. The number of amides is 2. The van der Waals surface area contributed by atoms with Crippen molar-refractivity contribution < 1.29 is 27.2 Å². The lowest BCUT2D eigenvalue weighted by atomic mass is 10.0. The van der Waals surface area contributed by atoms with Gasteiger partial charge in [0.1, 0.15) is 17.7 Å². The number of hydrogen-bond donors (Lipinski definition) is 2. The van der Waals surface area contributed by atoms with Gasteiger partial charge in [-0.05, 0) is 69.0 Å². The molecule has 1 aromatic heterocycles. The van der Waals surface area contributed by atoms with Gasteiger partial charge in [-0.2, -0.15) is 0 Å². The van der Waals surface area contributed by atoms with Crippen molar-refractivity contribution in [3.05, 3.63) is 64.9 Å². The Kier molecular flexibility index (Phi) is 8.78. The molecular weight excluding hydrogens is 542 g/mol. The van der Waals surface area contributed by atoms with Crippen LogP contribution < -0.4 is 10.6 Å². The molecule has 39 heavy (non-hydrogen) atoms. The fourth-order valence-corrected chi connectivity index (χ4v) is 6.53. The third-order valence-corrected chi connectivity index (χ3v) is 8.81. The summed E-state index contributed by atoms with van der Waals surface area (Å²) in [5.41, 5.74) is 1.13. The van der Waals surface area contributed by atoms with E-state index in [0.717, 1.165) is 5.39 Å². The molecular formula is C28H32ClN3O6S. The van der Waals surface area contributed by atoms with Crippen LogP contribution >= 0.6 is 11.6 Å². The number of carbonyl (C=O) groups excluding carboxylic acids is 3. The molecule has 1 saturated heterocycles. The van der Waals surface area contributed by atoms with Gasteiger partial charge in [-0.25, -0.2) is 12.7 Å². The summed E-state index contributed by atoms with van der Waals surface area (Å²) in [5, 5.41) is 6.77. The topological polar surface area (TPSA) is 126 Å². The molecule has 2 N–H and O–H groups in total. The second kappa shape index (κ2) is 11.9. The van der Waals surface area contributed by atoms with Crippen molar-refractivity contribution in [2.45, 2.75) is 57.0 Å². The van der Waals surface area contributed by atoms with Crippen LogP contribution in [0.1, 0.15) is 49.2 Å². The summed E-state index contributed by atoms with van der Waals surface area (Å²) in [6, 6.07) is 10.2. The Labute approximate surface area is 232 Å². The molecule has 0 radical (unpaired) electrons. The number of furan rings is 1. The lowest BCUT2D eigenvalue weighted by Crippen LogP contribution is -2.56. The number of nitrogens with zero attached hydrogens (tertiary/aromatic N) is 1. The molecule has 1 aliphatic heterocycles. The molecule has 4 rings (SSSR count). The average Bonchev–Trinajstić information content (AvgIpc) is 3.09. The Morgan fingerprint density at radius 2 is 1.85 bits per heavy atom.